The van der Waals surface area contributed by atoms with Gasteiger partial charge in [0, 0.05) is 24.0 Å². The fraction of sp³-hybridized carbons (Fsp3) is 0.760. The van der Waals surface area contributed by atoms with Crippen LogP contribution in [0.1, 0.15) is 64.5 Å². The first-order valence-corrected chi connectivity index (χ1v) is 11.3. The van der Waals surface area contributed by atoms with Crippen molar-refractivity contribution >= 4 is 0 Å². The SMILES string of the molecule is COc1ccc2c3c1O[C@H]1C(OC)[C@@H](C(C)(O)C(C)(C)C)CC4[C@H](CCC[C@@]341)C2. The van der Waals surface area contributed by atoms with E-state index < -0.39 is 5.60 Å². The van der Waals surface area contributed by atoms with E-state index in [1.54, 1.807) is 14.2 Å². The molecule has 2 fully saturated rings. The number of methoxy groups -OCH3 is 2. The molecule has 0 amide bonds. The highest BCUT2D eigenvalue weighted by Crippen LogP contribution is 2.68. The number of hydrogen-bond donors (Lipinski definition) is 1. The summed E-state index contributed by atoms with van der Waals surface area (Å²) in [5.74, 6) is 3.02. The molecule has 2 bridgehead atoms. The van der Waals surface area contributed by atoms with E-state index in [9.17, 15) is 5.11 Å². The Kier molecular flexibility index (Phi) is 4.16. The smallest absolute Gasteiger partial charge is 0.165 e. The molecule has 2 saturated carbocycles. The number of hydrogen-bond acceptors (Lipinski definition) is 4. The molecule has 1 N–H and O–H groups in total. The summed E-state index contributed by atoms with van der Waals surface area (Å²) in [4.78, 5) is 0. The van der Waals surface area contributed by atoms with Gasteiger partial charge in [-0.15, -0.1) is 0 Å². The lowest BCUT2D eigenvalue weighted by Gasteiger charge is -2.61. The predicted octanol–water partition coefficient (Wildman–Crippen LogP) is 4.50. The van der Waals surface area contributed by atoms with Crippen molar-refractivity contribution in [1.82, 2.24) is 0 Å². The van der Waals surface area contributed by atoms with Gasteiger partial charge < -0.3 is 19.3 Å². The average Bonchev–Trinajstić information content (AvgIpc) is 2.99. The third-order valence-corrected chi connectivity index (χ3v) is 9.24. The van der Waals surface area contributed by atoms with E-state index >= 15 is 0 Å². The van der Waals surface area contributed by atoms with Crippen LogP contribution < -0.4 is 9.47 Å². The molecule has 0 radical (unpaired) electrons. The summed E-state index contributed by atoms with van der Waals surface area (Å²) >= 11 is 0. The molecule has 1 aromatic carbocycles. The van der Waals surface area contributed by atoms with Crippen LogP contribution in [0.4, 0.5) is 0 Å². The fourth-order valence-corrected chi connectivity index (χ4v) is 7.37. The average molecular weight is 401 g/mol. The lowest BCUT2D eigenvalue weighted by Crippen LogP contribution is -2.67. The van der Waals surface area contributed by atoms with Gasteiger partial charge in [0.2, 0.25) is 0 Å². The van der Waals surface area contributed by atoms with Gasteiger partial charge in [-0.05, 0) is 61.5 Å². The summed E-state index contributed by atoms with van der Waals surface area (Å²) in [6, 6.07) is 4.34. The van der Waals surface area contributed by atoms with E-state index in [1.165, 1.54) is 24.0 Å². The molecule has 3 aliphatic carbocycles. The van der Waals surface area contributed by atoms with Crippen molar-refractivity contribution in [2.24, 2.45) is 23.2 Å². The second kappa shape index (κ2) is 6.13. The maximum absolute atomic E-state index is 11.7. The zero-order valence-electron chi connectivity index (χ0n) is 18.7. The van der Waals surface area contributed by atoms with Crippen molar-refractivity contribution in [2.45, 2.75) is 83.0 Å². The molecule has 29 heavy (non-hydrogen) atoms. The Morgan fingerprint density at radius 2 is 1.93 bits per heavy atom. The normalized spacial score (nSPS) is 39.3. The van der Waals surface area contributed by atoms with Gasteiger partial charge in [-0.25, -0.2) is 0 Å². The molecule has 1 spiro atoms. The highest BCUT2D eigenvalue weighted by molar-refractivity contribution is 5.61. The monoisotopic (exact) mass is 400 g/mol. The molecule has 5 rings (SSSR count). The summed E-state index contributed by atoms with van der Waals surface area (Å²) in [6.45, 7) is 8.42. The first-order valence-electron chi connectivity index (χ1n) is 11.3. The van der Waals surface area contributed by atoms with E-state index in [4.69, 9.17) is 14.2 Å². The Hall–Kier alpha value is -1.26. The highest BCUT2D eigenvalue weighted by atomic mass is 16.6. The lowest BCUT2D eigenvalue weighted by atomic mass is 9.45. The quantitative estimate of drug-likeness (QED) is 0.812. The number of rotatable bonds is 3. The van der Waals surface area contributed by atoms with E-state index in [0.717, 1.165) is 30.8 Å². The number of ether oxygens (including phenoxy) is 3. The standard InChI is InChI=1S/C25H36O4/c1-23(2,3)24(4,26)17-13-16-14-8-7-11-25(16)19-15(12-14)9-10-18(27-5)21(19)29-22(25)20(17)28-6/h9-10,14,16-17,20,22,26H,7-8,11-13H2,1-6H3/t14-,16?,17+,20?,22+,24?,25+/m1/s1. The molecule has 3 unspecified atom stereocenters. The van der Waals surface area contributed by atoms with Gasteiger partial charge in [0.05, 0.1) is 12.7 Å². The molecule has 160 valence electrons. The molecule has 7 atom stereocenters. The molecule has 0 aromatic heterocycles. The molecule has 1 aromatic rings. The first-order chi connectivity index (χ1) is 13.7. The minimum absolute atomic E-state index is 0.00547. The Morgan fingerprint density at radius 1 is 1.17 bits per heavy atom. The van der Waals surface area contributed by atoms with Crippen LogP contribution in [0.3, 0.4) is 0 Å². The molecular weight excluding hydrogens is 364 g/mol. The van der Waals surface area contributed by atoms with Crippen molar-refractivity contribution in [3.63, 3.8) is 0 Å². The summed E-state index contributed by atoms with van der Waals surface area (Å²) in [7, 11) is 3.52. The summed E-state index contributed by atoms with van der Waals surface area (Å²) < 4.78 is 18.7. The third kappa shape index (κ3) is 2.33. The van der Waals surface area contributed by atoms with Crippen LogP contribution in [0.5, 0.6) is 11.5 Å². The van der Waals surface area contributed by atoms with Gasteiger partial charge in [0.15, 0.2) is 11.5 Å². The Morgan fingerprint density at radius 3 is 2.59 bits per heavy atom. The largest absolute Gasteiger partial charge is 0.493 e. The lowest BCUT2D eigenvalue weighted by molar-refractivity contribution is -0.202. The minimum Gasteiger partial charge on any atom is -0.493 e. The maximum Gasteiger partial charge on any atom is 0.165 e. The number of aliphatic hydroxyl groups is 1. The maximum atomic E-state index is 11.7. The molecular formula is C25H36O4. The van der Waals surface area contributed by atoms with Gasteiger partial charge in [-0.1, -0.05) is 33.3 Å². The van der Waals surface area contributed by atoms with Crippen LogP contribution in [-0.2, 0) is 16.6 Å². The van der Waals surface area contributed by atoms with Crippen LogP contribution in [0, 0.1) is 23.2 Å². The van der Waals surface area contributed by atoms with Crippen LogP contribution in [0.2, 0.25) is 0 Å². The minimum atomic E-state index is -0.841. The van der Waals surface area contributed by atoms with Crippen LogP contribution >= 0.6 is 0 Å². The zero-order chi connectivity index (χ0) is 20.8. The summed E-state index contributed by atoms with van der Waals surface area (Å²) in [5.41, 5.74) is 1.77. The van der Waals surface area contributed by atoms with Crippen molar-refractivity contribution in [3.05, 3.63) is 23.3 Å². The Balaban J connectivity index is 1.70. The summed E-state index contributed by atoms with van der Waals surface area (Å²) in [6.07, 6.45) is 5.60. The van der Waals surface area contributed by atoms with Crippen LogP contribution in [0.15, 0.2) is 12.1 Å². The van der Waals surface area contributed by atoms with Crippen molar-refractivity contribution < 1.29 is 19.3 Å². The van der Waals surface area contributed by atoms with Gasteiger partial charge in [-0.2, -0.15) is 0 Å². The van der Waals surface area contributed by atoms with E-state index in [1.807, 2.05) is 6.92 Å². The molecule has 1 heterocycles. The summed E-state index contributed by atoms with van der Waals surface area (Å²) in [5, 5.41) is 11.7. The highest BCUT2D eigenvalue weighted by Gasteiger charge is 2.68. The second-order valence-corrected chi connectivity index (χ2v) is 11.1. The Bertz CT molecular complexity index is 823. The van der Waals surface area contributed by atoms with Crippen LogP contribution in [-0.4, -0.2) is 37.1 Å². The molecule has 4 heteroatoms. The second-order valence-electron chi connectivity index (χ2n) is 11.1. The molecule has 1 aliphatic heterocycles. The third-order valence-electron chi connectivity index (χ3n) is 9.24. The Labute approximate surface area is 174 Å². The van der Waals surface area contributed by atoms with Crippen LogP contribution in [0.25, 0.3) is 0 Å². The van der Waals surface area contributed by atoms with Crippen molar-refractivity contribution in [3.8, 4) is 11.5 Å². The predicted molar refractivity (Wildman–Crippen MR) is 113 cm³/mol. The first kappa shape index (κ1) is 19.7. The fourth-order valence-electron chi connectivity index (χ4n) is 7.37. The topological polar surface area (TPSA) is 47.9 Å². The van der Waals surface area contributed by atoms with Gasteiger partial charge in [-0.3, -0.25) is 0 Å². The molecule has 4 nitrogen and oxygen atoms in total. The van der Waals surface area contributed by atoms with Crippen molar-refractivity contribution in [2.75, 3.05) is 14.2 Å². The molecule has 0 saturated heterocycles. The number of benzene rings is 1. The molecule has 4 aliphatic rings. The van der Waals surface area contributed by atoms with Crippen molar-refractivity contribution in [1.29, 1.82) is 0 Å². The zero-order valence-corrected chi connectivity index (χ0v) is 18.7. The van der Waals surface area contributed by atoms with Gasteiger partial charge in [0.25, 0.3) is 0 Å². The van der Waals surface area contributed by atoms with E-state index in [-0.39, 0.29) is 29.0 Å². The van der Waals surface area contributed by atoms with Gasteiger partial charge >= 0.3 is 0 Å². The van der Waals surface area contributed by atoms with E-state index in [0.29, 0.717) is 11.8 Å². The van der Waals surface area contributed by atoms with E-state index in [2.05, 4.69) is 32.9 Å². The van der Waals surface area contributed by atoms with Gasteiger partial charge in [0.1, 0.15) is 12.2 Å².